The van der Waals surface area contributed by atoms with E-state index < -0.39 is 0 Å². The highest BCUT2D eigenvalue weighted by Gasteiger charge is 2.30. The maximum absolute atomic E-state index is 9.50. The molecule has 0 aromatic heterocycles. The second-order valence-electron chi connectivity index (χ2n) is 5.74. The molecule has 0 amide bonds. The molecule has 1 fully saturated rings. The standard InChI is InChI=1S/C15H22ClNO2/c1-15(11-18)6-3-7-17(10-15)9-12-4-5-13(16)8-14(12)19-2/h4-5,8,18H,3,6-7,9-11H2,1-2H3/t15-/m0/s1. The molecule has 0 spiro atoms. The lowest BCUT2D eigenvalue weighted by Gasteiger charge is -2.39. The lowest BCUT2D eigenvalue weighted by atomic mass is 9.82. The Morgan fingerprint density at radius 3 is 2.95 bits per heavy atom. The third-order valence-electron chi connectivity index (χ3n) is 3.88. The van der Waals surface area contributed by atoms with Crippen molar-refractivity contribution in [2.45, 2.75) is 26.3 Å². The molecule has 4 heteroatoms. The molecule has 1 aliphatic heterocycles. The van der Waals surface area contributed by atoms with Gasteiger partial charge in [-0.3, -0.25) is 4.90 Å². The fraction of sp³-hybridized carbons (Fsp3) is 0.600. The molecule has 1 saturated heterocycles. The van der Waals surface area contributed by atoms with Crippen LogP contribution in [-0.4, -0.2) is 36.8 Å². The van der Waals surface area contributed by atoms with Crippen molar-refractivity contribution in [3.8, 4) is 5.75 Å². The van der Waals surface area contributed by atoms with E-state index in [1.165, 1.54) is 0 Å². The van der Waals surface area contributed by atoms with E-state index in [2.05, 4.69) is 11.8 Å². The first-order chi connectivity index (χ1) is 9.06. The fourth-order valence-electron chi connectivity index (χ4n) is 2.78. The van der Waals surface area contributed by atoms with Gasteiger partial charge in [0.25, 0.3) is 0 Å². The van der Waals surface area contributed by atoms with Crippen molar-refractivity contribution in [1.82, 2.24) is 4.90 Å². The predicted octanol–water partition coefficient (Wildman–Crippen LogP) is 2.94. The van der Waals surface area contributed by atoms with E-state index in [0.29, 0.717) is 5.02 Å². The van der Waals surface area contributed by atoms with Crippen molar-refractivity contribution in [1.29, 1.82) is 0 Å². The summed E-state index contributed by atoms with van der Waals surface area (Å²) in [6, 6.07) is 5.77. The van der Waals surface area contributed by atoms with Crippen LogP contribution in [0, 0.1) is 5.41 Å². The highest BCUT2D eigenvalue weighted by atomic mass is 35.5. The number of hydrogen-bond acceptors (Lipinski definition) is 3. The summed E-state index contributed by atoms with van der Waals surface area (Å²) in [5, 5.41) is 10.2. The van der Waals surface area contributed by atoms with Crippen LogP contribution < -0.4 is 4.74 Å². The normalized spacial score (nSPS) is 24.4. The van der Waals surface area contributed by atoms with Crippen LogP contribution in [0.2, 0.25) is 5.02 Å². The number of methoxy groups -OCH3 is 1. The molecule has 0 saturated carbocycles. The molecule has 1 atom stereocenters. The molecule has 1 aromatic rings. The van der Waals surface area contributed by atoms with Crippen LogP contribution in [0.3, 0.4) is 0 Å². The van der Waals surface area contributed by atoms with Crippen molar-refractivity contribution in [2.24, 2.45) is 5.41 Å². The SMILES string of the molecule is COc1cc(Cl)ccc1CN1CCC[C@](C)(CO)C1. The number of aliphatic hydroxyl groups is 1. The second-order valence-corrected chi connectivity index (χ2v) is 6.18. The van der Waals surface area contributed by atoms with Crippen LogP contribution in [0.5, 0.6) is 5.75 Å². The molecule has 3 nitrogen and oxygen atoms in total. The number of rotatable bonds is 4. The quantitative estimate of drug-likeness (QED) is 0.922. The van der Waals surface area contributed by atoms with Crippen LogP contribution in [0.15, 0.2) is 18.2 Å². The Morgan fingerprint density at radius 2 is 2.26 bits per heavy atom. The molecular formula is C15H22ClNO2. The smallest absolute Gasteiger partial charge is 0.124 e. The van der Waals surface area contributed by atoms with Crippen LogP contribution >= 0.6 is 11.6 Å². The van der Waals surface area contributed by atoms with Gasteiger partial charge in [-0.2, -0.15) is 0 Å². The van der Waals surface area contributed by atoms with Gasteiger partial charge < -0.3 is 9.84 Å². The maximum atomic E-state index is 9.50. The van der Waals surface area contributed by atoms with Crippen molar-refractivity contribution in [3.63, 3.8) is 0 Å². The lowest BCUT2D eigenvalue weighted by Crippen LogP contribution is -2.43. The molecule has 0 radical (unpaired) electrons. The Kier molecular flexibility index (Phi) is 4.71. The van der Waals surface area contributed by atoms with E-state index in [9.17, 15) is 5.11 Å². The average molecular weight is 284 g/mol. The van der Waals surface area contributed by atoms with Crippen LogP contribution in [-0.2, 0) is 6.54 Å². The Labute approximate surface area is 120 Å². The molecule has 0 bridgehead atoms. The monoisotopic (exact) mass is 283 g/mol. The van der Waals surface area contributed by atoms with E-state index in [1.807, 2.05) is 18.2 Å². The Morgan fingerprint density at radius 1 is 1.47 bits per heavy atom. The summed E-state index contributed by atoms with van der Waals surface area (Å²) in [5.74, 6) is 0.837. The van der Waals surface area contributed by atoms with Gasteiger partial charge in [0.15, 0.2) is 0 Å². The minimum Gasteiger partial charge on any atom is -0.496 e. The third kappa shape index (κ3) is 3.62. The van der Waals surface area contributed by atoms with Gasteiger partial charge in [-0.05, 0) is 31.5 Å². The van der Waals surface area contributed by atoms with E-state index in [4.69, 9.17) is 16.3 Å². The summed E-state index contributed by atoms with van der Waals surface area (Å²) in [6.07, 6.45) is 2.23. The summed E-state index contributed by atoms with van der Waals surface area (Å²) in [5.41, 5.74) is 1.17. The first-order valence-corrected chi connectivity index (χ1v) is 7.10. The van der Waals surface area contributed by atoms with Gasteiger partial charge in [-0.15, -0.1) is 0 Å². The van der Waals surface area contributed by atoms with Gasteiger partial charge in [0.1, 0.15) is 5.75 Å². The Balaban J connectivity index is 2.08. The molecule has 19 heavy (non-hydrogen) atoms. The van der Waals surface area contributed by atoms with E-state index in [0.717, 1.165) is 43.8 Å². The number of piperidine rings is 1. The van der Waals surface area contributed by atoms with Gasteiger partial charge >= 0.3 is 0 Å². The zero-order valence-electron chi connectivity index (χ0n) is 11.7. The molecule has 2 rings (SSSR count). The minimum atomic E-state index is 0.0257. The summed E-state index contributed by atoms with van der Waals surface area (Å²) in [7, 11) is 1.67. The van der Waals surface area contributed by atoms with E-state index >= 15 is 0 Å². The molecule has 1 N–H and O–H groups in total. The first kappa shape index (κ1) is 14.6. The van der Waals surface area contributed by atoms with Gasteiger partial charge in [0.05, 0.1) is 7.11 Å². The molecule has 1 aromatic carbocycles. The number of likely N-dealkylation sites (tertiary alicyclic amines) is 1. The van der Waals surface area contributed by atoms with Crippen LogP contribution in [0.25, 0.3) is 0 Å². The van der Waals surface area contributed by atoms with Gasteiger partial charge in [0.2, 0.25) is 0 Å². The summed E-state index contributed by atoms with van der Waals surface area (Å²) < 4.78 is 5.39. The van der Waals surface area contributed by atoms with Crippen molar-refractivity contribution in [2.75, 3.05) is 26.8 Å². The summed E-state index contributed by atoms with van der Waals surface area (Å²) in [6.45, 7) is 5.24. The van der Waals surface area contributed by atoms with E-state index in [1.54, 1.807) is 7.11 Å². The van der Waals surface area contributed by atoms with Crippen molar-refractivity contribution >= 4 is 11.6 Å². The summed E-state index contributed by atoms with van der Waals surface area (Å²) >= 11 is 5.98. The highest BCUT2D eigenvalue weighted by Crippen LogP contribution is 2.31. The minimum absolute atomic E-state index is 0.0257. The Bertz CT molecular complexity index is 438. The Hall–Kier alpha value is -0.770. The summed E-state index contributed by atoms with van der Waals surface area (Å²) in [4.78, 5) is 2.38. The second kappa shape index (κ2) is 6.12. The average Bonchev–Trinajstić information content (AvgIpc) is 2.41. The highest BCUT2D eigenvalue weighted by molar-refractivity contribution is 6.30. The number of hydrogen-bond donors (Lipinski definition) is 1. The number of benzene rings is 1. The van der Waals surface area contributed by atoms with Gasteiger partial charge in [-0.1, -0.05) is 24.6 Å². The van der Waals surface area contributed by atoms with Crippen LogP contribution in [0.4, 0.5) is 0 Å². The number of ether oxygens (including phenoxy) is 1. The molecule has 1 heterocycles. The van der Waals surface area contributed by atoms with Gasteiger partial charge in [0, 0.05) is 35.7 Å². The molecule has 0 unspecified atom stereocenters. The molecular weight excluding hydrogens is 262 g/mol. The largest absolute Gasteiger partial charge is 0.496 e. The maximum Gasteiger partial charge on any atom is 0.124 e. The molecule has 106 valence electrons. The first-order valence-electron chi connectivity index (χ1n) is 6.72. The zero-order chi connectivity index (χ0) is 13.9. The lowest BCUT2D eigenvalue weighted by molar-refractivity contribution is 0.0426. The number of halogens is 1. The van der Waals surface area contributed by atoms with Crippen LogP contribution in [0.1, 0.15) is 25.3 Å². The zero-order valence-corrected chi connectivity index (χ0v) is 12.4. The number of aliphatic hydroxyl groups excluding tert-OH is 1. The van der Waals surface area contributed by atoms with E-state index in [-0.39, 0.29) is 12.0 Å². The van der Waals surface area contributed by atoms with Gasteiger partial charge in [-0.25, -0.2) is 0 Å². The molecule has 0 aliphatic carbocycles. The molecule has 1 aliphatic rings. The predicted molar refractivity (Wildman–Crippen MR) is 77.7 cm³/mol. The van der Waals surface area contributed by atoms with Crippen molar-refractivity contribution in [3.05, 3.63) is 28.8 Å². The topological polar surface area (TPSA) is 32.7 Å². The third-order valence-corrected chi connectivity index (χ3v) is 4.12. The fourth-order valence-corrected chi connectivity index (χ4v) is 2.94. The van der Waals surface area contributed by atoms with Crippen molar-refractivity contribution < 1.29 is 9.84 Å². The number of nitrogens with zero attached hydrogens (tertiary/aromatic N) is 1.